The maximum atomic E-state index is 0. The van der Waals surface area contributed by atoms with E-state index in [0.717, 1.165) is 0 Å². The van der Waals surface area contributed by atoms with Crippen molar-refractivity contribution < 1.29 is 70.7 Å². The molecule has 0 atom stereocenters. The first kappa shape index (κ1) is 53.7. The van der Waals surface area contributed by atoms with Crippen molar-refractivity contribution in [3.05, 3.63) is 0 Å². The Kier molecular flexibility index (Phi) is 353. The Morgan fingerprint density at radius 1 is 0.800 bits per heavy atom. The summed E-state index contributed by atoms with van der Waals surface area (Å²) in [6, 6.07) is 0. The van der Waals surface area contributed by atoms with Crippen molar-refractivity contribution >= 4 is 10.1 Å². The largest absolute Gasteiger partial charge is 0 e. The van der Waals surface area contributed by atoms with Gasteiger partial charge in [0.1, 0.15) is 0 Å². The Labute approximate surface area is 80.0 Å². The predicted octanol–water partition coefficient (Wildman–Crippen LogP) is -0.926. The summed E-state index contributed by atoms with van der Waals surface area (Å²) in [7, 11) is 0. The fraction of sp³-hybridized carbons (Fsp3) is 0. The van der Waals surface area contributed by atoms with Crippen molar-refractivity contribution in [2.24, 2.45) is 0 Å². The van der Waals surface area contributed by atoms with Gasteiger partial charge in [0.05, 0.1) is 0 Å². The first-order chi connectivity index (χ1) is 0. The molecule has 0 saturated heterocycles. The Bertz CT molecular complexity index is 9.61. The molecule has 0 saturated carbocycles. The van der Waals surface area contributed by atoms with Crippen molar-refractivity contribution in [2.45, 2.75) is 0 Å². The molecular weight excluding hydrogens is 257 g/mol. The normalized spacial score (nSPS) is 0. The van der Waals surface area contributed by atoms with E-state index < -0.39 is 0 Å². The van der Waals surface area contributed by atoms with Crippen LogP contribution in [-0.2, 0) is 70.7 Å². The van der Waals surface area contributed by atoms with Gasteiger partial charge in [-0.05, 0) is 0 Å². The van der Waals surface area contributed by atoms with E-state index in [2.05, 4.69) is 0 Å². The van der Waals surface area contributed by atoms with Gasteiger partial charge in [0.2, 0.25) is 0 Å². The molecule has 0 N–H and O–H groups in total. The zero-order valence-electron chi connectivity index (χ0n) is 1.66. The molecule has 0 amide bonds. The second-order valence-electron chi connectivity index (χ2n) is 0. The van der Waals surface area contributed by atoms with Crippen LogP contribution in [0.15, 0.2) is 0 Å². The molecule has 0 fully saturated rings. The third-order valence-electron chi connectivity index (χ3n) is 0. The molecule has 0 aromatic rings. The van der Waals surface area contributed by atoms with Crippen LogP contribution in [0, 0.1) is 0 Å². The smallest absolute Gasteiger partial charge is 0 e. The van der Waals surface area contributed by atoms with Crippen LogP contribution in [0.5, 0.6) is 0 Å². The topological polar surface area (TPSA) is 0 Å². The van der Waals surface area contributed by atoms with Crippen LogP contribution in [0.1, 0.15) is 0 Å². The first-order valence-corrected chi connectivity index (χ1v) is 0. The third-order valence-corrected chi connectivity index (χ3v) is 0. The molecule has 0 aliphatic heterocycles. The average Bonchev–Trinajstić information content (AvgIpc) is 0. The molecule has 0 aromatic heterocycles. The molecule has 5 heavy (non-hydrogen) atoms. The summed E-state index contributed by atoms with van der Waals surface area (Å²) in [6.45, 7) is 0. The van der Waals surface area contributed by atoms with Crippen molar-refractivity contribution in [3.63, 3.8) is 0 Å². The quantitative estimate of drug-likeness (QED) is 0.493. The second-order valence-corrected chi connectivity index (χ2v) is 0. The maximum Gasteiger partial charge on any atom is 0 e. The summed E-state index contributed by atoms with van der Waals surface area (Å²) in [5.74, 6) is 0. The van der Waals surface area contributed by atoms with Gasteiger partial charge >= 0.3 is 10.1 Å². The first-order valence-electron chi connectivity index (χ1n) is 0. The van der Waals surface area contributed by atoms with Gasteiger partial charge in [-0.1, -0.05) is 0 Å². The van der Waals surface area contributed by atoms with Gasteiger partial charge in [0.25, 0.3) is 0 Å². The van der Waals surface area contributed by atoms with Crippen LogP contribution >= 0.6 is 0 Å². The summed E-state index contributed by atoms with van der Waals surface area (Å²) in [5.41, 5.74) is 0. The third kappa shape index (κ3) is 21.8. The summed E-state index contributed by atoms with van der Waals surface area (Å²) in [5, 5.41) is 0. The summed E-state index contributed by atoms with van der Waals surface area (Å²) < 4.78 is 0. The average molecular weight is 259 g/mol. The number of rotatable bonds is 0. The fourth-order valence-corrected chi connectivity index (χ4v) is 0. The van der Waals surface area contributed by atoms with E-state index in [4.69, 9.17) is 0 Å². The molecule has 0 bridgehead atoms. The van der Waals surface area contributed by atoms with Crippen LogP contribution in [0.4, 0.5) is 0 Å². The monoisotopic (exact) mass is 257 g/mol. The van der Waals surface area contributed by atoms with Gasteiger partial charge in [0, 0.05) is 70.7 Å². The zero-order chi connectivity index (χ0) is 0. The number of hydrogen-bond acceptors (Lipinski definition) is 0. The Morgan fingerprint density at radius 3 is 0.800 bits per heavy atom. The molecule has 0 unspecified atom stereocenters. The van der Waals surface area contributed by atoms with E-state index in [1.807, 2.05) is 0 Å². The molecule has 36 valence electrons. The van der Waals surface area contributed by atoms with E-state index in [9.17, 15) is 0 Å². The van der Waals surface area contributed by atoms with Crippen LogP contribution in [0.3, 0.4) is 0 Å². The molecule has 0 aliphatic carbocycles. The van der Waals surface area contributed by atoms with Crippen molar-refractivity contribution in [2.75, 3.05) is 0 Å². The number of hydrogen-bond donors (Lipinski definition) is 0. The summed E-state index contributed by atoms with van der Waals surface area (Å²) in [4.78, 5) is 0. The summed E-state index contributed by atoms with van der Waals surface area (Å²) in [6.07, 6.45) is 0. The minimum atomic E-state index is 0. The molecule has 0 aliphatic rings. The molecule has 5 heteroatoms. The van der Waals surface area contributed by atoms with E-state index in [1.54, 1.807) is 0 Å². The second kappa shape index (κ2) is 32.9. The molecule has 2 radical (unpaired) electrons. The van der Waals surface area contributed by atoms with Gasteiger partial charge in [-0.15, -0.1) is 0 Å². The van der Waals surface area contributed by atoms with E-state index >= 15 is 0 Å². The van der Waals surface area contributed by atoms with Crippen LogP contribution < -0.4 is 0 Å². The Balaban J connectivity index is 0. The van der Waals surface area contributed by atoms with E-state index in [1.165, 1.54) is 0 Å². The molecular formula is H2BeCu2FeZn. The Hall–Kier alpha value is 2.35. The van der Waals surface area contributed by atoms with Crippen LogP contribution in [-0.4, -0.2) is 10.1 Å². The standard InChI is InChI=1S/Be.2Cu.Fe.Zn.2H. The van der Waals surface area contributed by atoms with Gasteiger partial charge in [-0.3, -0.25) is 0 Å². The van der Waals surface area contributed by atoms with Gasteiger partial charge in [0.15, 0.2) is 0 Å². The van der Waals surface area contributed by atoms with Crippen LogP contribution in [0.2, 0.25) is 0 Å². The molecule has 0 heterocycles. The van der Waals surface area contributed by atoms with Crippen molar-refractivity contribution in [3.8, 4) is 0 Å². The minimum Gasteiger partial charge on any atom is 0 e. The van der Waals surface area contributed by atoms with Crippen molar-refractivity contribution in [1.82, 2.24) is 0 Å². The van der Waals surface area contributed by atoms with Crippen molar-refractivity contribution in [1.29, 1.82) is 0 Å². The SMILES string of the molecule is [BeH2].[Cu].[Cu].[Fe].[Zn]. The van der Waals surface area contributed by atoms with Gasteiger partial charge in [-0.2, -0.15) is 0 Å². The molecule has 0 rings (SSSR count). The summed E-state index contributed by atoms with van der Waals surface area (Å²) >= 11 is 0. The van der Waals surface area contributed by atoms with Gasteiger partial charge in [-0.25, -0.2) is 0 Å². The Morgan fingerprint density at radius 2 is 0.800 bits per heavy atom. The molecule has 0 spiro atoms. The molecule has 0 nitrogen and oxygen atoms in total. The zero-order valence-corrected chi connectivity index (χ0v) is 7.62. The van der Waals surface area contributed by atoms with Gasteiger partial charge < -0.3 is 0 Å². The minimum absolute atomic E-state index is 0. The van der Waals surface area contributed by atoms with Crippen LogP contribution in [0.25, 0.3) is 0 Å². The van der Waals surface area contributed by atoms with E-state index in [-0.39, 0.29) is 80.8 Å². The molecule has 0 aromatic carbocycles. The maximum absolute atomic E-state index is 0. The fourth-order valence-electron chi connectivity index (χ4n) is 0. The predicted molar refractivity (Wildman–Crippen MR) is 8.54 cm³/mol. The van der Waals surface area contributed by atoms with E-state index in [0.29, 0.717) is 0 Å².